The highest BCUT2D eigenvalue weighted by Gasteiger charge is 2.17. The van der Waals surface area contributed by atoms with Gasteiger partial charge in [0.25, 0.3) is 0 Å². The lowest BCUT2D eigenvalue weighted by atomic mass is 9.94. The average Bonchev–Trinajstić information content (AvgIpc) is 2.38. The number of hydrogen-bond acceptors (Lipinski definition) is 3. The fraction of sp³-hybridized carbons (Fsp3) is 0.500. The summed E-state index contributed by atoms with van der Waals surface area (Å²) in [7, 11) is 1.59. The van der Waals surface area contributed by atoms with E-state index in [9.17, 15) is 4.79 Å². The Morgan fingerprint density at radius 2 is 2.17 bits per heavy atom. The molecule has 1 atom stereocenters. The summed E-state index contributed by atoms with van der Waals surface area (Å²) in [5.41, 5.74) is 0.964. The van der Waals surface area contributed by atoms with Crippen molar-refractivity contribution in [3.8, 4) is 5.75 Å². The molecule has 1 unspecified atom stereocenters. The SMILES string of the molecule is COc1cccc(CC(CCCCO)C(=O)O)c1. The predicted octanol–water partition coefficient (Wildman–Crippen LogP) is 2.10. The van der Waals surface area contributed by atoms with E-state index in [1.165, 1.54) is 0 Å². The fourth-order valence-electron chi connectivity index (χ4n) is 1.90. The molecule has 0 spiro atoms. The highest BCUT2D eigenvalue weighted by molar-refractivity contribution is 5.70. The molecule has 18 heavy (non-hydrogen) atoms. The molecule has 0 saturated carbocycles. The molecule has 0 radical (unpaired) electrons. The maximum atomic E-state index is 11.2. The van der Waals surface area contributed by atoms with Gasteiger partial charge in [0.05, 0.1) is 13.0 Å². The van der Waals surface area contributed by atoms with Gasteiger partial charge in [-0.2, -0.15) is 0 Å². The molecule has 0 saturated heterocycles. The number of methoxy groups -OCH3 is 1. The molecule has 0 aromatic heterocycles. The largest absolute Gasteiger partial charge is 0.497 e. The van der Waals surface area contributed by atoms with Crippen molar-refractivity contribution in [3.05, 3.63) is 29.8 Å². The van der Waals surface area contributed by atoms with Gasteiger partial charge in [-0.15, -0.1) is 0 Å². The van der Waals surface area contributed by atoms with E-state index < -0.39 is 11.9 Å². The minimum absolute atomic E-state index is 0.117. The number of carboxylic acid groups (broad SMARTS) is 1. The Balaban J connectivity index is 2.61. The van der Waals surface area contributed by atoms with Gasteiger partial charge in [-0.3, -0.25) is 4.79 Å². The van der Waals surface area contributed by atoms with Crippen molar-refractivity contribution in [2.45, 2.75) is 25.7 Å². The highest BCUT2D eigenvalue weighted by Crippen LogP contribution is 2.19. The zero-order valence-electron chi connectivity index (χ0n) is 10.6. The summed E-state index contributed by atoms with van der Waals surface area (Å²) in [6, 6.07) is 7.47. The minimum atomic E-state index is -0.782. The highest BCUT2D eigenvalue weighted by atomic mass is 16.5. The van der Waals surface area contributed by atoms with E-state index in [1.54, 1.807) is 7.11 Å². The second-order valence-corrected chi connectivity index (χ2v) is 4.31. The van der Waals surface area contributed by atoms with Crippen LogP contribution in [0, 0.1) is 5.92 Å². The van der Waals surface area contributed by atoms with Crippen LogP contribution in [0.25, 0.3) is 0 Å². The Morgan fingerprint density at radius 3 is 2.78 bits per heavy atom. The van der Waals surface area contributed by atoms with Crippen LogP contribution in [0.4, 0.5) is 0 Å². The van der Waals surface area contributed by atoms with Crippen molar-refractivity contribution in [1.29, 1.82) is 0 Å². The number of rotatable bonds is 8. The molecule has 0 heterocycles. The third-order valence-electron chi connectivity index (χ3n) is 2.93. The van der Waals surface area contributed by atoms with Gasteiger partial charge in [-0.25, -0.2) is 0 Å². The van der Waals surface area contributed by atoms with E-state index >= 15 is 0 Å². The molecule has 0 aliphatic rings. The predicted molar refractivity (Wildman–Crippen MR) is 68.8 cm³/mol. The van der Waals surface area contributed by atoms with Gasteiger partial charge in [0.15, 0.2) is 0 Å². The summed E-state index contributed by atoms with van der Waals surface area (Å²) < 4.78 is 5.11. The van der Waals surface area contributed by atoms with E-state index in [4.69, 9.17) is 14.9 Å². The minimum Gasteiger partial charge on any atom is -0.497 e. The first kappa shape index (κ1) is 14.5. The van der Waals surface area contributed by atoms with E-state index in [0.717, 1.165) is 17.7 Å². The molecule has 100 valence electrons. The zero-order chi connectivity index (χ0) is 13.4. The second kappa shape index (κ2) is 7.71. The summed E-state index contributed by atoms with van der Waals surface area (Å²) >= 11 is 0. The lowest BCUT2D eigenvalue weighted by Crippen LogP contribution is -2.16. The number of unbranched alkanes of at least 4 members (excludes halogenated alkanes) is 1. The molecule has 4 nitrogen and oxygen atoms in total. The Kier molecular flexibility index (Phi) is 6.22. The van der Waals surface area contributed by atoms with E-state index in [0.29, 0.717) is 19.3 Å². The molecule has 0 bridgehead atoms. The molecular weight excluding hydrogens is 232 g/mol. The Morgan fingerprint density at radius 1 is 1.39 bits per heavy atom. The lowest BCUT2D eigenvalue weighted by Gasteiger charge is -2.12. The topological polar surface area (TPSA) is 66.8 Å². The third kappa shape index (κ3) is 4.75. The van der Waals surface area contributed by atoms with Crippen LogP contribution in [0.3, 0.4) is 0 Å². The van der Waals surface area contributed by atoms with Gasteiger partial charge in [0.2, 0.25) is 0 Å². The van der Waals surface area contributed by atoms with Crippen LogP contribution in [0.1, 0.15) is 24.8 Å². The van der Waals surface area contributed by atoms with Crippen molar-refractivity contribution in [2.24, 2.45) is 5.92 Å². The summed E-state index contributed by atoms with van der Waals surface area (Å²) in [5, 5.41) is 17.9. The van der Waals surface area contributed by atoms with E-state index in [2.05, 4.69) is 0 Å². The summed E-state index contributed by atoms with van der Waals surface area (Å²) in [6.07, 6.45) is 2.48. The number of aliphatic carboxylic acids is 1. The number of carbonyl (C=O) groups is 1. The van der Waals surface area contributed by atoms with Gasteiger partial charge in [0.1, 0.15) is 5.75 Å². The van der Waals surface area contributed by atoms with Crippen LogP contribution < -0.4 is 4.74 Å². The maximum Gasteiger partial charge on any atom is 0.306 e. The van der Waals surface area contributed by atoms with Gasteiger partial charge in [-0.05, 0) is 37.0 Å². The van der Waals surface area contributed by atoms with Crippen molar-refractivity contribution in [3.63, 3.8) is 0 Å². The van der Waals surface area contributed by atoms with Crippen LogP contribution in [0.2, 0.25) is 0 Å². The molecule has 4 heteroatoms. The van der Waals surface area contributed by atoms with E-state index in [-0.39, 0.29) is 6.61 Å². The van der Waals surface area contributed by atoms with Gasteiger partial charge >= 0.3 is 5.97 Å². The lowest BCUT2D eigenvalue weighted by molar-refractivity contribution is -0.142. The smallest absolute Gasteiger partial charge is 0.306 e. The Labute approximate surface area is 107 Å². The molecule has 0 amide bonds. The van der Waals surface area contributed by atoms with Crippen molar-refractivity contribution in [2.75, 3.05) is 13.7 Å². The number of aliphatic hydroxyl groups excluding tert-OH is 1. The quantitative estimate of drug-likeness (QED) is 0.695. The normalized spacial score (nSPS) is 12.1. The first-order chi connectivity index (χ1) is 8.67. The van der Waals surface area contributed by atoms with Crippen LogP contribution in [-0.2, 0) is 11.2 Å². The monoisotopic (exact) mass is 252 g/mol. The first-order valence-corrected chi connectivity index (χ1v) is 6.14. The van der Waals surface area contributed by atoms with Crippen molar-refractivity contribution >= 4 is 5.97 Å². The third-order valence-corrected chi connectivity index (χ3v) is 2.93. The molecule has 1 aromatic carbocycles. The van der Waals surface area contributed by atoms with Gasteiger partial charge in [-0.1, -0.05) is 18.6 Å². The molecule has 2 N–H and O–H groups in total. The molecule has 1 rings (SSSR count). The Hall–Kier alpha value is -1.55. The Bertz CT molecular complexity index is 376. The molecule has 0 aliphatic carbocycles. The number of aliphatic hydroxyl groups is 1. The molecule has 0 aliphatic heterocycles. The summed E-state index contributed by atoms with van der Waals surface area (Å²) in [5.74, 6) is -0.439. The van der Waals surface area contributed by atoms with Crippen molar-refractivity contribution < 1.29 is 19.7 Å². The van der Waals surface area contributed by atoms with E-state index in [1.807, 2.05) is 24.3 Å². The van der Waals surface area contributed by atoms with Crippen LogP contribution in [0.5, 0.6) is 5.75 Å². The fourth-order valence-corrected chi connectivity index (χ4v) is 1.90. The van der Waals surface area contributed by atoms with Crippen LogP contribution >= 0.6 is 0 Å². The van der Waals surface area contributed by atoms with Gasteiger partial charge in [0, 0.05) is 6.61 Å². The molecule has 0 fully saturated rings. The number of ether oxygens (including phenoxy) is 1. The zero-order valence-corrected chi connectivity index (χ0v) is 10.6. The van der Waals surface area contributed by atoms with Gasteiger partial charge < -0.3 is 14.9 Å². The number of benzene rings is 1. The molecular formula is C14H20O4. The van der Waals surface area contributed by atoms with Crippen molar-refractivity contribution in [1.82, 2.24) is 0 Å². The van der Waals surface area contributed by atoms with Crippen LogP contribution in [-0.4, -0.2) is 29.9 Å². The average molecular weight is 252 g/mol. The molecule has 1 aromatic rings. The second-order valence-electron chi connectivity index (χ2n) is 4.31. The summed E-state index contributed by atoms with van der Waals surface area (Å²) in [4.78, 5) is 11.2. The summed E-state index contributed by atoms with van der Waals surface area (Å²) in [6.45, 7) is 0.117. The number of carboxylic acids is 1. The van der Waals surface area contributed by atoms with Crippen LogP contribution in [0.15, 0.2) is 24.3 Å². The standard InChI is InChI=1S/C14H20O4/c1-18-13-7-4-5-11(10-13)9-12(14(16)17)6-2-3-8-15/h4-5,7,10,12,15H,2-3,6,8-9H2,1H3,(H,16,17). The maximum absolute atomic E-state index is 11.2. The number of hydrogen-bond donors (Lipinski definition) is 2. The first-order valence-electron chi connectivity index (χ1n) is 6.14.